The van der Waals surface area contributed by atoms with Crippen LogP contribution in [0.2, 0.25) is 0 Å². The smallest absolute Gasteiger partial charge is 0.255 e. The predicted molar refractivity (Wildman–Crippen MR) is 91.2 cm³/mol. The SMILES string of the molecule is COc1ccc(NC(=O)c2cc(C)cc(C)c2)cc1NC(C)=O. The lowest BCUT2D eigenvalue weighted by atomic mass is 10.1. The number of benzene rings is 2. The molecule has 23 heavy (non-hydrogen) atoms. The highest BCUT2D eigenvalue weighted by atomic mass is 16.5. The van der Waals surface area contributed by atoms with Gasteiger partial charge in [0.2, 0.25) is 5.91 Å². The minimum atomic E-state index is -0.207. The van der Waals surface area contributed by atoms with Crippen molar-refractivity contribution in [2.75, 3.05) is 17.7 Å². The highest BCUT2D eigenvalue weighted by Gasteiger charge is 2.10. The van der Waals surface area contributed by atoms with Gasteiger partial charge in [-0.3, -0.25) is 9.59 Å². The van der Waals surface area contributed by atoms with Crippen LogP contribution in [-0.2, 0) is 4.79 Å². The first-order chi connectivity index (χ1) is 10.9. The molecule has 2 aromatic rings. The van der Waals surface area contributed by atoms with Crippen LogP contribution in [0.5, 0.6) is 5.75 Å². The van der Waals surface area contributed by atoms with Gasteiger partial charge in [-0.05, 0) is 44.2 Å². The van der Waals surface area contributed by atoms with Crippen molar-refractivity contribution in [3.05, 3.63) is 53.1 Å². The van der Waals surface area contributed by atoms with Gasteiger partial charge in [-0.25, -0.2) is 0 Å². The second kappa shape index (κ2) is 6.96. The van der Waals surface area contributed by atoms with Gasteiger partial charge >= 0.3 is 0 Å². The van der Waals surface area contributed by atoms with Crippen LogP contribution in [0.25, 0.3) is 0 Å². The van der Waals surface area contributed by atoms with Crippen molar-refractivity contribution >= 4 is 23.2 Å². The molecule has 5 heteroatoms. The van der Waals surface area contributed by atoms with Crippen molar-refractivity contribution in [2.24, 2.45) is 0 Å². The first-order valence-corrected chi connectivity index (χ1v) is 7.24. The Hall–Kier alpha value is -2.82. The third-order valence-electron chi connectivity index (χ3n) is 3.25. The Kier molecular flexibility index (Phi) is 5.01. The summed E-state index contributed by atoms with van der Waals surface area (Å²) in [5.74, 6) is 0.126. The monoisotopic (exact) mass is 312 g/mol. The Balaban J connectivity index is 2.25. The van der Waals surface area contributed by atoms with E-state index in [0.29, 0.717) is 22.7 Å². The van der Waals surface area contributed by atoms with Crippen LogP contribution in [0, 0.1) is 13.8 Å². The van der Waals surface area contributed by atoms with Gasteiger partial charge in [-0.2, -0.15) is 0 Å². The Morgan fingerprint density at radius 2 is 1.61 bits per heavy atom. The summed E-state index contributed by atoms with van der Waals surface area (Å²) in [6, 6.07) is 10.8. The minimum absolute atomic E-state index is 0.198. The van der Waals surface area contributed by atoms with Gasteiger partial charge in [-0.15, -0.1) is 0 Å². The first-order valence-electron chi connectivity index (χ1n) is 7.24. The molecule has 2 rings (SSSR count). The average Bonchev–Trinajstić information content (AvgIpc) is 2.46. The van der Waals surface area contributed by atoms with Gasteiger partial charge in [0, 0.05) is 18.2 Å². The number of anilines is 2. The lowest BCUT2D eigenvalue weighted by molar-refractivity contribution is -0.114. The lowest BCUT2D eigenvalue weighted by Gasteiger charge is -2.12. The number of methoxy groups -OCH3 is 1. The van der Waals surface area contributed by atoms with E-state index < -0.39 is 0 Å². The van der Waals surface area contributed by atoms with Gasteiger partial charge in [0.25, 0.3) is 5.91 Å². The van der Waals surface area contributed by atoms with E-state index in [2.05, 4.69) is 10.6 Å². The number of ether oxygens (including phenoxy) is 1. The van der Waals surface area contributed by atoms with E-state index in [9.17, 15) is 9.59 Å². The van der Waals surface area contributed by atoms with E-state index in [1.54, 1.807) is 18.2 Å². The van der Waals surface area contributed by atoms with E-state index in [1.165, 1.54) is 14.0 Å². The molecule has 0 fully saturated rings. The molecule has 0 atom stereocenters. The van der Waals surface area contributed by atoms with Gasteiger partial charge in [0.1, 0.15) is 5.75 Å². The van der Waals surface area contributed by atoms with Crippen molar-refractivity contribution in [1.82, 2.24) is 0 Å². The molecule has 2 aromatic carbocycles. The summed E-state index contributed by atoms with van der Waals surface area (Å²) in [7, 11) is 1.52. The number of hydrogen-bond donors (Lipinski definition) is 2. The molecular formula is C18H20N2O3. The topological polar surface area (TPSA) is 67.4 Å². The number of nitrogens with one attached hydrogen (secondary N) is 2. The third kappa shape index (κ3) is 4.32. The van der Waals surface area contributed by atoms with Crippen molar-refractivity contribution in [2.45, 2.75) is 20.8 Å². The number of carbonyl (C=O) groups is 2. The standard InChI is InChI=1S/C18H20N2O3/c1-11-7-12(2)9-14(8-11)18(22)20-15-5-6-17(23-4)16(10-15)19-13(3)21/h5-10H,1-4H3,(H,19,21)(H,20,22). The fourth-order valence-corrected chi connectivity index (χ4v) is 2.38. The van der Waals surface area contributed by atoms with E-state index in [0.717, 1.165) is 11.1 Å². The van der Waals surface area contributed by atoms with Gasteiger partial charge in [0.05, 0.1) is 12.8 Å². The average molecular weight is 312 g/mol. The predicted octanol–water partition coefficient (Wildman–Crippen LogP) is 3.52. The Morgan fingerprint density at radius 1 is 0.957 bits per heavy atom. The first kappa shape index (κ1) is 16.5. The molecule has 0 aliphatic carbocycles. The molecule has 0 aliphatic heterocycles. The molecule has 0 heterocycles. The minimum Gasteiger partial charge on any atom is -0.495 e. The molecule has 5 nitrogen and oxygen atoms in total. The molecule has 120 valence electrons. The molecular weight excluding hydrogens is 292 g/mol. The Morgan fingerprint density at radius 3 is 2.17 bits per heavy atom. The number of rotatable bonds is 4. The van der Waals surface area contributed by atoms with Gasteiger partial charge in [-0.1, -0.05) is 17.2 Å². The quantitative estimate of drug-likeness (QED) is 0.907. The van der Waals surface area contributed by atoms with Crippen molar-refractivity contribution in [3.63, 3.8) is 0 Å². The van der Waals surface area contributed by atoms with Gasteiger partial charge in [0.15, 0.2) is 0 Å². The summed E-state index contributed by atoms with van der Waals surface area (Å²) in [6.07, 6.45) is 0. The Bertz CT molecular complexity index is 734. The number of carbonyl (C=O) groups excluding carboxylic acids is 2. The highest BCUT2D eigenvalue weighted by Crippen LogP contribution is 2.28. The molecule has 0 radical (unpaired) electrons. The van der Waals surface area contributed by atoms with Crippen LogP contribution in [-0.4, -0.2) is 18.9 Å². The van der Waals surface area contributed by atoms with Crippen LogP contribution in [0.15, 0.2) is 36.4 Å². The number of hydrogen-bond acceptors (Lipinski definition) is 3. The van der Waals surface area contributed by atoms with Crippen LogP contribution in [0.1, 0.15) is 28.4 Å². The van der Waals surface area contributed by atoms with Crippen molar-refractivity contribution in [3.8, 4) is 5.75 Å². The van der Waals surface area contributed by atoms with E-state index in [-0.39, 0.29) is 11.8 Å². The van der Waals surface area contributed by atoms with Crippen LogP contribution >= 0.6 is 0 Å². The molecule has 0 unspecified atom stereocenters. The van der Waals surface area contributed by atoms with Crippen molar-refractivity contribution in [1.29, 1.82) is 0 Å². The normalized spacial score (nSPS) is 10.1. The maximum absolute atomic E-state index is 12.4. The second-order valence-electron chi connectivity index (χ2n) is 5.43. The molecule has 0 spiro atoms. The molecule has 0 saturated carbocycles. The molecule has 0 saturated heterocycles. The molecule has 0 bridgehead atoms. The van der Waals surface area contributed by atoms with E-state index in [1.807, 2.05) is 32.0 Å². The zero-order valence-electron chi connectivity index (χ0n) is 13.7. The third-order valence-corrected chi connectivity index (χ3v) is 3.25. The number of amides is 2. The maximum Gasteiger partial charge on any atom is 0.255 e. The fourth-order valence-electron chi connectivity index (χ4n) is 2.38. The Labute approximate surface area is 135 Å². The van der Waals surface area contributed by atoms with Crippen LogP contribution in [0.4, 0.5) is 11.4 Å². The largest absolute Gasteiger partial charge is 0.495 e. The fraction of sp³-hybridized carbons (Fsp3) is 0.222. The van der Waals surface area contributed by atoms with E-state index >= 15 is 0 Å². The van der Waals surface area contributed by atoms with Gasteiger partial charge < -0.3 is 15.4 Å². The maximum atomic E-state index is 12.4. The summed E-state index contributed by atoms with van der Waals surface area (Å²) in [5.41, 5.74) is 3.75. The lowest BCUT2D eigenvalue weighted by Crippen LogP contribution is -2.13. The molecule has 2 amide bonds. The zero-order chi connectivity index (χ0) is 17.0. The number of aryl methyl sites for hydroxylation is 2. The highest BCUT2D eigenvalue weighted by molar-refractivity contribution is 6.05. The summed E-state index contributed by atoms with van der Waals surface area (Å²) >= 11 is 0. The summed E-state index contributed by atoms with van der Waals surface area (Å²) in [4.78, 5) is 23.6. The molecule has 0 aliphatic rings. The summed E-state index contributed by atoms with van der Waals surface area (Å²) in [6.45, 7) is 5.32. The van der Waals surface area contributed by atoms with Crippen molar-refractivity contribution < 1.29 is 14.3 Å². The summed E-state index contributed by atoms with van der Waals surface area (Å²) in [5, 5.41) is 5.51. The van der Waals surface area contributed by atoms with E-state index in [4.69, 9.17) is 4.74 Å². The molecule has 2 N–H and O–H groups in total. The second-order valence-corrected chi connectivity index (χ2v) is 5.43. The van der Waals surface area contributed by atoms with Crippen LogP contribution in [0.3, 0.4) is 0 Å². The molecule has 0 aromatic heterocycles. The van der Waals surface area contributed by atoms with Crippen LogP contribution < -0.4 is 15.4 Å². The summed E-state index contributed by atoms with van der Waals surface area (Å²) < 4.78 is 5.19. The zero-order valence-corrected chi connectivity index (χ0v) is 13.7.